The van der Waals surface area contributed by atoms with Crippen LogP contribution in [0.5, 0.6) is 0 Å². The van der Waals surface area contributed by atoms with E-state index >= 15 is 0 Å². The minimum atomic E-state index is -0.844. The summed E-state index contributed by atoms with van der Waals surface area (Å²) in [6.45, 7) is 4.06. The van der Waals surface area contributed by atoms with Crippen molar-refractivity contribution in [1.29, 1.82) is 0 Å². The molecule has 2 aliphatic heterocycles. The molecule has 3 amide bonds. The number of carbonyl (C=O) groups excluding carboxylic acids is 2. The number of nitrogens with zero attached hydrogens (tertiary/aromatic N) is 2. The van der Waals surface area contributed by atoms with Gasteiger partial charge >= 0.3 is 6.03 Å². The summed E-state index contributed by atoms with van der Waals surface area (Å²) in [6.07, 6.45) is 0.546. The zero-order valence-corrected chi connectivity index (χ0v) is 14.7. The number of hydrogen-bond donors (Lipinski definition) is 1. The van der Waals surface area contributed by atoms with Gasteiger partial charge in [0.1, 0.15) is 12.3 Å². The van der Waals surface area contributed by atoms with Crippen LogP contribution >= 0.6 is 0 Å². The Hall–Kier alpha value is -1.96. The predicted molar refractivity (Wildman–Crippen MR) is 91.7 cm³/mol. The summed E-state index contributed by atoms with van der Waals surface area (Å²) in [7, 11) is 1.58. The van der Waals surface area contributed by atoms with Crippen molar-refractivity contribution in [3.05, 3.63) is 35.9 Å². The van der Waals surface area contributed by atoms with Crippen LogP contribution in [0.4, 0.5) is 4.79 Å². The van der Waals surface area contributed by atoms with Gasteiger partial charge in [-0.15, -0.1) is 0 Å². The van der Waals surface area contributed by atoms with Gasteiger partial charge in [0.05, 0.1) is 6.61 Å². The first kappa shape index (κ1) is 17.8. The second kappa shape index (κ2) is 7.51. The lowest BCUT2D eigenvalue weighted by Crippen LogP contribution is -2.49. The molecule has 1 N–H and O–H groups in total. The molecule has 0 aliphatic carbocycles. The van der Waals surface area contributed by atoms with Crippen molar-refractivity contribution in [1.82, 2.24) is 15.1 Å². The highest BCUT2D eigenvalue weighted by molar-refractivity contribution is 6.07. The van der Waals surface area contributed by atoms with Crippen LogP contribution in [0.1, 0.15) is 18.9 Å². The molecule has 7 heteroatoms. The van der Waals surface area contributed by atoms with E-state index in [-0.39, 0.29) is 24.8 Å². The van der Waals surface area contributed by atoms with E-state index in [2.05, 4.69) is 22.3 Å². The predicted octanol–water partition coefficient (Wildman–Crippen LogP) is 1.19. The molecular formula is C18H25N3O4. The van der Waals surface area contributed by atoms with Crippen LogP contribution < -0.4 is 5.32 Å². The zero-order chi connectivity index (χ0) is 17.9. The van der Waals surface area contributed by atoms with E-state index < -0.39 is 5.54 Å². The lowest BCUT2D eigenvalue weighted by atomic mass is 9.96. The van der Waals surface area contributed by atoms with Gasteiger partial charge in [0, 0.05) is 32.8 Å². The fourth-order valence-electron chi connectivity index (χ4n) is 3.72. The summed E-state index contributed by atoms with van der Waals surface area (Å²) >= 11 is 0. The summed E-state index contributed by atoms with van der Waals surface area (Å²) in [5.74, 6) is -0.132. The number of hydrogen-bond acceptors (Lipinski definition) is 5. The molecule has 0 saturated carbocycles. The van der Waals surface area contributed by atoms with Gasteiger partial charge in [-0.3, -0.25) is 14.6 Å². The molecule has 0 unspecified atom stereocenters. The fourth-order valence-corrected chi connectivity index (χ4v) is 3.72. The molecule has 0 aromatic heterocycles. The van der Waals surface area contributed by atoms with Crippen LogP contribution in [0.2, 0.25) is 0 Å². The van der Waals surface area contributed by atoms with Crippen molar-refractivity contribution in [2.75, 3.05) is 33.6 Å². The standard InChI is InChI=1S/C18H25N3O4/c1-3-21-16(22)18(19-17(21)23)9-15(11-25-13-24-2)20(12-18)10-14-7-5-4-6-8-14/h4-8,15H,3,9-13H2,1-2H3,(H,19,23)/t15-,18+/m0/s1. The van der Waals surface area contributed by atoms with Gasteiger partial charge in [-0.2, -0.15) is 0 Å². The number of imide groups is 1. The van der Waals surface area contributed by atoms with Gasteiger partial charge in [-0.25, -0.2) is 4.79 Å². The van der Waals surface area contributed by atoms with E-state index in [1.54, 1.807) is 7.11 Å². The van der Waals surface area contributed by atoms with Gasteiger partial charge in [0.2, 0.25) is 0 Å². The number of amides is 3. The molecule has 25 heavy (non-hydrogen) atoms. The SMILES string of the molecule is CCN1C(=O)N[C@@]2(C[C@@H](COCOC)N(Cc3ccccc3)C2)C1=O. The van der Waals surface area contributed by atoms with E-state index in [0.29, 0.717) is 32.7 Å². The third-order valence-electron chi connectivity index (χ3n) is 4.88. The summed E-state index contributed by atoms with van der Waals surface area (Å²) in [6, 6.07) is 9.84. The molecule has 7 nitrogen and oxygen atoms in total. The fraction of sp³-hybridized carbons (Fsp3) is 0.556. The third kappa shape index (κ3) is 3.53. The van der Waals surface area contributed by atoms with Crippen LogP contribution in [0.15, 0.2) is 30.3 Å². The van der Waals surface area contributed by atoms with Crippen LogP contribution in [0, 0.1) is 0 Å². The first-order valence-corrected chi connectivity index (χ1v) is 8.58. The normalized spacial score (nSPS) is 26.6. The average Bonchev–Trinajstić information content (AvgIpc) is 3.06. The molecule has 2 saturated heterocycles. The van der Waals surface area contributed by atoms with E-state index in [0.717, 1.165) is 0 Å². The number of nitrogens with one attached hydrogen (secondary N) is 1. The molecule has 3 rings (SSSR count). The lowest BCUT2D eigenvalue weighted by molar-refractivity contribution is -0.130. The smallest absolute Gasteiger partial charge is 0.325 e. The van der Waals surface area contributed by atoms with Gasteiger partial charge in [-0.1, -0.05) is 30.3 Å². The number of methoxy groups -OCH3 is 1. The third-order valence-corrected chi connectivity index (χ3v) is 4.88. The minimum absolute atomic E-state index is 0.0383. The van der Waals surface area contributed by atoms with Crippen molar-refractivity contribution in [3.63, 3.8) is 0 Å². The van der Waals surface area contributed by atoms with Crippen molar-refractivity contribution in [2.24, 2.45) is 0 Å². The number of carbonyl (C=O) groups is 2. The van der Waals surface area contributed by atoms with E-state index in [4.69, 9.17) is 9.47 Å². The van der Waals surface area contributed by atoms with Crippen LogP contribution in [0.3, 0.4) is 0 Å². The molecule has 1 aromatic carbocycles. The highest BCUT2D eigenvalue weighted by atomic mass is 16.7. The Morgan fingerprint density at radius 2 is 2.04 bits per heavy atom. The average molecular weight is 347 g/mol. The number of rotatable bonds is 7. The van der Waals surface area contributed by atoms with Crippen molar-refractivity contribution in [3.8, 4) is 0 Å². The Balaban J connectivity index is 1.77. The van der Waals surface area contributed by atoms with Gasteiger partial charge in [0.15, 0.2) is 0 Å². The highest BCUT2D eigenvalue weighted by Crippen LogP contribution is 2.34. The Morgan fingerprint density at radius 3 is 2.68 bits per heavy atom. The monoisotopic (exact) mass is 347 g/mol. The molecule has 0 bridgehead atoms. The lowest BCUT2D eigenvalue weighted by Gasteiger charge is -2.24. The van der Waals surface area contributed by atoms with E-state index in [9.17, 15) is 9.59 Å². The van der Waals surface area contributed by atoms with Crippen LogP contribution in [-0.2, 0) is 20.8 Å². The maximum atomic E-state index is 12.8. The Bertz CT molecular complexity index is 624. The zero-order valence-electron chi connectivity index (χ0n) is 14.7. The maximum Gasteiger partial charge on any atom is 0.325 e. The molecule has 2 heterocycles. The summed E-state index contributed by atoms with van der Waals surface area (Å²) in [4.78, 5) is 28.4. The quantitative estimate of drug-likeness (QED) is 0.456. The maximum absolute atomic E-state index is 12.8. The largest absolute Gasteiger partial charge is 0.359 e. The summed E-state index contributed by atoms with van der Waals surface area (Å²) in [5.41, 5.74) is 0.323. The van der Waals surface area contributed by atoms with Gasteiger partial charge < -0.3 is 14.8 Å². The van der Waals surface area contributed by atoms with Crippen molar-refractivity contribution in [2.45, 2.75) is 31.5 Å². The molecule has 1 spiro atoms. The first-order valence-electron chi connectivity index (χ1n) is 8.58. The summed E-state index contributed by atoms with van der Waals surface area (Å²) < 4.78 is 10.5. The number of urea groups is 1. The molecule has 136 valence electrons. The van der Waals surface area contributed by atoms with Crippen LogP contribution in [0.25, 0.3) is 0 Å². The second-order valence-electron chi connectivity index (χ2n) is 6.59. The molecule has 2 atom stereocenters. The first-order chi connectivity index (χ1) is 12.1. The van der Waals surface area contributed by atoms with Crippen molar-refractivity contribution >= 4 is 11.9 Å². The number of benzene rings is 1. The van der Waals surface area contributed by atoms with E-state index in [1.807, 2.05) is 25.1 Å². The molecule has 2 fully saturated rings. The Morgan fingerprint density at radius 1 is 1.28 bits per heavy atom. The Kier molecular flexibility index (Phi) is 5.36. The van der Waals surface area contributed by atoms with Gasteiger partial charge in [0.25, 0.3) is 5.91 Å². The highest BCUT2D eigenvalue weighted by Gasteiger charge is 2.56. The van der Waals surface area contributed by atoms with Crippen molar-refractivity contribution < 1.29 is 19.1 Å². The second-order valence-corrected chi connectivity index (χ2v) is 6.59. The van der Waals surface area contributed by atoms with E-state index in [1.165, 1.54) is 10.5 Å². The molecular weight excluding hydrogens is 322 g/mol. The number of ether oxygens (including phenoxy) is 2. The topological polar surface area (TPSA) is 71.1 Å². The summed E-state index contributed by atoms with van der Waals surface area (Å²) in [5, 5.41) is 2.93. The molecule has 0 radical (unpaired) electrons. The van der Waals surface area contributed by atoms with Gasteiger partial charge in [-0.05, 0) is 18.9 Å². The minimum Gasteiger partial charge on any atom is -0.359 e. The Labute approximate surface area is 147 Å². The molecule has 1 aromatic rings. The number of likely N-dealkylation sites (tertiary alicyclic amines) is 1. The van der Waals surface area contributed by atoms with Crippen LogP contribution in [-0.4, -0.2) is 66.9 Å². The number of likely N-dealkylation sites (N-methyl/N-ethyl adjacent to an activating group) is 1. The molecule has 2 aliphatic rings.